The summed E-state index contributed by atoms with van der Waals surface area (Å²) in [4.78, 5) is 35.2. The van der Waals surface area contributed by atoms with Crippen molar-refractivity contribution in [3.63, 3.8) is 0 Å². The molecule has 7 nitrogen and oxygen atoms in total. The molecule has 1 unspecified atom stereocenters. The van der Waals surface area contributed by atoms with E-state index in [1.54, 1.807) is 19.1 Å². The molecule has 0 heterocycles. The first-order chi connectivity index (χ1) is 13.3. The van der Waals surface area contributed by atoms with Crippen molar-refractivity contribution in [1.29, 1.82) is 0 Å². The molecule has 2 aromatic carbocycles. The topological polar surface area (TPSA) is 101 Å². The fourth-order valence-electron chi connectivity index (χ4n) is 2.29. The maximum absolute atomic E-state index is 12.2. The fraction of sp³-hybridized carbons (Fsp3) is 0.263. The summed E-state index contributed by atoms with van der Waals surface area (Å²) < 4.78 is 0.874. The number of hydrogen-bond acceptors (Lipinski definition) is 5. The van der Waals surface area contributed by atoms with Gasteiger partial charge >= 0.3 is 0 Å². The number of rotatable bonds is 8. The molecular formula is C19H20BrN3O4S. The molecule has 148 valence electrons. The van der Waals surface area contributed by atoms with E-state index in [9.17, 15) is 19.7 Å². The van der Waals surface area contributed by atoms with Crippen LogP contribution < -0.4 is 10.6 Å². The van der Waals surface area contributed by atoms with Gasteiger partial charge in [-0.3, -0.25) is 19.7 Å². The van der Waals surface area contributed by atoms with Gasteiger partial charge in [-0.2, -0.15) is 0 Å². The predicted molar refractivity (Wildman–Crippen MR) is 114 cm³/mol. The van der Waals surface area contributed by atoms with Gasteiger partial charge in [0.05, 0.1) is 10.2 Å². The number of benzene rings is 2. The van der Waals surface area contributed by atoms with Crippen LogP contribution in [0, 0.1) is 17.0 Å². The van der Waals surface area contributed by atoms with E-state index >= 15 is 0 Å². The standard InChI is InChI=1S/C19H20BrN3O4S/c1-12-3-4-14(20)11-17(12)22-18(24)9-10-21-19(25)13(2)28-16-7-5-15(6-8-16)23(26)27/h3-8,11,13H,9-10H2,1-2H3,(H,21,25)(H,22,24). The molecule has 2 rings (SSSR count). The van der Waals surface area contributed by atoms with Crippen molar-refractivity contribution in [2.75, 3.05) is 11.9 Å². The number of aryl methyl sites for hydroxylation is 1. The van der Waals surface area contributed by atoms with Gasteiger partial charge < -0.3 is 10.6 Å². The molecule has 0 aliphatic carbocycles. The molecule has 2 aromatic rings. The second-order valence-corrected chi connectivity index (χ2v) is 8.39. The highest BCUT2D eigenvalue weighted by Crippen LogP contribution is 2.25. The zero-order valence-electron chi connectivity index (χ0n) is 15.4. The van der Waals surface area contributed by atoms with Gasteiger partial charge in [0.25, 0.3) is 5.69 Å². The van der Waals surface area contributed by atoms with Crippen LogP contribution in [0.2, 0.25) is 0 Å². The number of anilines is 1. The van der Waals surface area contributed by atoms with Crippen LogP contribution in [0.15, 0.2) is 51.8 Å². The van der Waals surface area contributed by atoms with Crippen LogP contribution in [0.5, 0.6) is 0 Å². The van der Waals surface area contributed by atoms with Gasteiger partial charge in [0.1, 0.15) is 0 Å². The lowest BCUT2D eigenvalue weighted by Crippen LogP contribution is -2.33. The largest absolute Gasteiger partial charge is 0.355 e. The van der Waals surface area contributed by atoms with Gasteiger partial charge in [-0.15, -0.1) is 11.8 Å². The van der Waals surface area contributed by atoms with E-state index < -0.39 is 10.2 Å². The Bertz CT molecular complexity index is 874. The van der Waals surface area contributed by atoms with Crippen molar-refractivity contribution in [3.8, 4) is 0 Å². The SMILES string of the molecule is Cc1ccc(Br)cc1NC(=O)CCNC(=O)C(C)Sc1ccc([N+](=O)[O-])cc1. The van der Waals surface area contributed by atoms with Crippen molar-refractivity contribution in [2.24, 2.45) is 0 Å². The summed E-state index contributed by atoms with van der Waals surface area (Å²) in [5.41, 5.74) is 1.69. The normalized spacial score (nSPS) is 11.5. The number of non-ortho nitro benzene ring substituents is 1. The van der Waals surface area contributed by atoms with Crippen molar-refractivity contribution < 1.29 is 14.5 Å². The minimum Gasteiger partial charge on any atom is -0.355 e. The van der Waals surface area contributed by atoms with Crippen molar-refractivity contribution in [2.45, 2.75) is 30.4 Å². The Balaban J connectivity index is 1.77. The monoisotopic (exact) mass is 465 g/mol. The number of nitrogens with one attached hydrogen (secondary N) is 2. The number of nitro benzene ring substituents is 1. The summed E-state index contributed by atoms with van der Waals surface area (Å²) in [6.45, 7) is 3.87. The van der Waals surface area contributed by atoms with Gasteiger partial charge in [0.2, 0.25) is 11.8 Å². The average molecular weight is 466 g/mol. The maximum atomic E-state index is 12.2. The third-order valence-corrected chi connectivity index (χ3v) is 5.46. The molecule has 0 saturated carbocycles. The average Bonchev–Trinajstić information content (AvgIpc) is 2.65. The summed E-state index contributed by atoms with van der Waals surface area (Å²) >= 11 is 4.66. The maximum Gasteiger partial charge on any atom is 0.269 e. The van der Waals surface area contributed by atoms with Crippen molar-refractivity contribution in [3.05, 3.63) is 62.6 Å². The molecule has 2 amide bonds. The molecule has 0 aliphatic rings. The van der Waals surface area contributed by atoms with E-state index in [0.717, 1.165) is 20.6 Å². The summed E-state index contributed by atoms with van der Waals surface area (Å²) in [5, 5.41) is 15.8. The van der Waals surface area contributed by atoms with Gasteiger partial charge in [-0.05, 0) is 43.7 Å². The Morgan fingerprint density at radius 3 is 2.54 bits per heavy atom. The molecule has 2 N–H and O–H groups in total. The number of carbonyl (C=O) groups excluding carboxylic acids is 2. The minimum atomic E-state index is -0.467. The van der Waals surface area contributed by atoms with Gasteiger partial charge in [0, 0.05) is 40.2 Å². The predicted octanol–water partition coefficient (Wildman–Crippen LogP) is 4.29. The van der Waals surface area contributed by atoms with Gasteiger partial charge in [0.15, 0.2) is 0 Å². The number of nitro groups is 1. The first kappa shape index (κ1) is 21.9. The summed E-state index contributed by atoms with van der Waals surface area (Å²) in [6.07, 6.45) is 0.159. The highest BCUT2D eigenvalue weighted by atomic mass is 79.9. The zero-order chi connectivity index (χ0) is 20.7. The fourth-order valence-corrected chi connectivity index (χ4v) is 3.54. The van der Waals surface area contributed by atoms with Crippen LogP contribution in [0.1, 0.15) is 18.9 Å². The van der Waals surface area contributed by atoms with Crippen LogP contribution >= 0.6 is 27.7 Å². The van der Waals surface area contributed by atoms with Crippen molar-refractivity contribution >= 4 is 50.9 Å². The van der Waals surface area contributed by atoms with Crippen LogP contribution in [-0.4, -0.2) is 28.5 Å². The minimum absolute atomic E-state index is 0.00755. The zero-order valence-corrected chi connectivity index (χ0v) is 17.8. The lowest BCUT2D eigenvalue weighted by Gasteiger charge is -2.12. The van der Waals surface area contributed by atoms with E-state index in [1.165, 1.54) is 23.9 Å². The summed E-state index contributed by atoms with van der Waals surface area (Å²) in [6, 6.07) is 11.7. The highest BCUT2D eigenvalue weighted by molar-refractivity contribution is 9.10. The summed E-state index contributed by atoms with van der Waals surface area (Å²) in [5.74, 6) is -0.382. The molecule has 9 heteroatoms. The van der Waals surface area contributed by atoms with E-state index in [-0.39, 0.29) is 30.5 Å². The smallest absolute Gasteiger partial charge is 0.269 e. The molecule has 0 aromatic heterocycles. The second kappa shape index (κ2) is 10.2. The van der Waals surface area contributed by atoms with E-state index in [2.05, 4.69) is 26.6 Å². The first-order valence-electron chi connectivity index (χ1n) is 8.51. The third kappa shape index (κ3) is 6.65. The molecule has 0 saturated heterocycles. The van der Waals surface area contributed by atoms with Gasteiger partial charge in [-0.1, -0.05) is 22.0 Å². The number of thioether (sulfide) groups is 1. The summed E-state index contributed by atoms with van der Waals surface area (Å²) in [7, 11) is 0. The molecule has 0 spiro atoms. The Labute approximate surface area is 175 Å². The molecule has 0 aliphatic heterocycles. The Morgan fingerprint density at radius 1 is 1.21 bits per heavy atom. The van der Waals surface area contributed by atoms with Crippen LogP contribution in [-0.2, 0) is 9.59 Å². The number of halogens is 1. The van der Waals surface area contributed by atoms with Crippen LogP contribution in [0.4, 0.5) is 11.4 Å². The Hall–Kier alpha value is -2.39. The molecule has 28 heavy (non-hydrogen) atoms. The van der Waals surface area contributed by atoms with E-state index in [0.29, 0.717) is 0 Å². The Kier molecular flexibility index (Phi) is 8.01. The Morgan fingerprint density at radius 2 is 1.89 bits per heavy atom. The number of nitrogens with zero attached hydrogens (tertiary/aromatic N) is 1. The van der Waals surface area contributed by atoms with Crippen LogP contribution in [0.25, 0.3) is 0 Å². The molecule has 0 fully saturated rings. The third-order valence-electron chi connectivity index (χ3n) is 3.85. The molecule has 1 atom stereocenters. The first-order valence-corrected chi connectivity index (χ1v) is 10.2. The quantitative estimate of drug-likeness (QED) is 0.343. The van der Waals surface area contributed by atoms with Crippen molar-refractivity contribution in [1.82, 2.24) is 5.32 Å². The number of hydrogen-bond donors (Lipinski definition) is 2. The lowest BCUT2D eigenvalue weighted by atomic mass is 10.2. The molecule has 0 bridgehead atoms. The van der Waals surface area contributed by atoms with E-state index in [4.69, 9.17) is 0 Å². The van der Waals surface area contributed by atoms with E-state index in [1.807, 2.05) is 25.1 Å². The highest BCUT2D eigenvalue weighted by Gasteiger charge is 2.15. The molecular weight excluding hydrogens is 446 g/mol. The number of amides is 2. The lowest BCUT2D eigenvalue weighted by molar-refractivity contribution is -0.384. The number of carbonyl (C=O) groups is 2. The molecule has 0 radical (unpaired) electrons. The van der Waals surface area contributed by atoms with Gasteiger partial charge in [-0.25, -0.2) is 0 Å². The van der Waals surface area contributed by atoms with Crippen LogP contribution in [0.3, 0.4) is 0 Å². The second-order valence-electron chi connectivity index (χ2n) is 6.06.